The van der Waals surface area contributed by atoms with E-state index in [9.17, 15) is 18.0 Å². The normalized spacial score (nSPS) is 17.5. The number of ether oxygens (including phenoxy) is 1. The van der Waals surface area contributed by atoms with Crippen LogP contribution < -0.4 is 5.56 Å². The van der Waals surface area contributed by atoms with Crippen LogP contribution in [0.25, 0.3) is 21.6 Å². The van der Waals surface area contributed by atoms with E-state index in [4.69, 9.17) is 28.6 Å². The van der Waals surface area contributed by atoms with E-state index in [1.165, 1.54) is 4.57 Å². The molecule has 1 unspecified atom stereocenters. The van der Waals surface area contributed by atoms with E-state index in [-0.39, 0.29) is 28.8 Å². The van der Waals surface area contributed by atoms with Crippen molar-refractivity contribution >= 4 is 46.2 Å². The van der Waals surface area contributed by atoms with E-state index in [1.54, 1.807) is 12.1 Å². The lowest BCUT2D eigenvalue weighted by molar-refractivity contribution is -0.136. The molecule has 148 valence electrons. The second-order valence-electron chi connectivity index (χ2n) is 6.36. The molecule has 3 aromatic heterocycles. The van der Waals surface area contributed by atoms with Gasteiger partial charge in [0, 0.05) is 6.61 Å². The standard InChI is InChI=1S/C17H13ClF3N3O2S2/c18-12-4-3-11(28-12)10-6-9(17(19,20)21)13-14(22-10)24(16(27)23-15(13)25)7-8-2-1-5-26-8/h3-4,6,8H,1-2,5,7H2,(H,23,25,27). The second kappa shape index (κ2) is 7.25. The van der Waals surface area contributed by atoms with E-state index < -0.39 is 22.7 Å². The number of H-pyrrole nitrogens is 1. The van der Waals surface area contributed by atoms with Crippen molar-refractivity contribution < 1.29 is 17.9 Å². The van der Waals surface area contributed by atoms with Gasteiger partial charge in [0.15, 0.2) is 4.77 Å². The van der Waals surface area contributed by atoms with Gasteiger partial charge in [-0.05, 0) is 43.3 Å². The molecule has 1 N–H and O–H groups in total. The average molecular weight is 448 g/mol. The molecule has 0 saturated carbocycles. The maximum Gasteiger partial charge on any atom is 0.417 e. The maximum absolute atomic E-state index is 13.8. The zero-order valence-electron chi connectivity index (χ0n) is 14.2. The van der Waals surface area contributed by atoms with E-state index in [2.05, 4.69) is 9.97 Å². The Morgan fingerprint density at radius 3 is 2.82 bits per heavy atom. The van der Waals surface area contributed by atoms with Crippen molar-refractivity contribution in [2.75, 3.05) is 6.61 Å². The van der Waals surface area contributed by atoms with E-state index >= 15 is 0 Å². The van der Waals surface area contributed by atoms with Crippen LogP contribution >= 0.6 is 35.2 Å². The van der Waals surface area contributed by atoms with Gasteiger partial charge in [0.1, 0.15) is 5.65 Å². The number of thiophene rings is 1. The predicted octanol–water partition coefficient (Wildman–Crippen LogP) is 5.03. The van der Waals surface area contributed by atoms with Gasteiger partial charge in [0.05, 0.1) is 38.5 Å². The molecule has 3 aromatic rings. The van der Waals surface area contributed by atoms with Crippen LogP contribution in [0.3, 0.4) is 0 Å². The molecule has 1 aliphatic heterocycles. The summed E-state index contributed by atoms with van der Waals surface area (Å²) in [6.45, 7) is 0.796. The van der Waals surface area contributed by atoms with Crippen LogP contribution in [0.5, 0.6) is 0 Å². The van der Waals surface area contributed by atoms with Crippen LogP contribution in [0, 0.1) is 4.77 Å². The molecule has 0 spiro atoms. The number of aromatic nitrogens is 3. The number of nitrogens with zero attached hydrogens (tertiary/aromatic N) is 2. The third-order valence-corrected chi connectivity index (χ3v) is 6.07. The van der Waals surface area contributed by atoms with Gasteiger partial charge in [0.2, 0.25) is 0 Å². The number of rotatable bonds is 3. The van der Waals surface area contributed by atoms with Gasteiger partial charge in [-0.15, -0.1) is 11.3 Å². The molecule has 4 heterocycles. The third-order valence-electron chi connectivity index (χ3n) is 4.49. The Balaban J connectivity index is 2.03. The van der Waals surface area contributed by atoms with E-state index in [0.717, 1.165) is 30.2 Å². The van der Waals surface area contributed by atoms with E-state index in [0.29, 0.717) is 15.8 Å². The van der Waals surface area contributed by atoms with Crippen molar-refractivity contribution in [1.82, 2.24) is 14.5 Å². The molecule has 4 rings (SSSR count). The van der Waals surface area contributed by atoms with Crippen molar-refractivity contribution in [3.05, 3.63) is 43.2 Å². The Labute approximate surface area is 170 Å². The highest BCUT2D eigenvalue weighted by Crippen LogP contribution is 2.37. The van der Waals surface area contributed by atoms with Crippen LogP contribution in [-0.2, 0) is 17.5 Å². The molecule has 11 heteroatoms. The molecule has 0 radical (unpaired) electrons. The number of aromatic amines is 1. The number of fused-ring (bicyclic) bond motifs is 1. The fraction of sp³-hybridized carbons (Fsp3) is 0.353. The fourth-order valence-electron chi connectivity index (χ4n) is 3.24. The Kier molecular flexibility index (Phi) is 5.07. The summed E-state index contributed by atoms with van der Waals surface area (Å²) < 4.78 is 48.7. The van der Waals surface area contributed by atoms with Gasteiger partial charge in [-0.2, -0.15) is 13.2 Å². The summed E-state index contributed by atoms with van der Waals surface area (Å²) in [5.41, 5.74) is -2.01. The predicted molar refractivity (Wildman–Crippen MR) is 103 cm³/mol. The summed E-state index contributed by atoms with van der Waals surface area (Å²) in [4.78, 5) is 19.6. The summed E-state index contributed by atoms with van der Waals surface area (Å²) >= 11 is 12.2. The van der Waals surface area contributed by atoms with Crippen LogP contribution in [0.1, 0.15) is 18.4 Å². The molecule has 5 nitrogen and oxygen atoms in total. The SMILES string of the molecule is O=c1[nH]c(=S)n(CC2CCCO2)c2nc(-c3ccc(Cl)s3)cc(C(F)(F)F)c12. The number of hydrogen-bond acceptors (Lipinski definition) is 5. The molecule has 1 saturated heterocycles. The van der Waals surface area contributed by atoms with Crippen molar-refractivity contribution in [1.29, 1.82) is 0 Å². The molecule has 0 aromatic carbocycles. The molecule has 28 heavy (non-hydrogen) atoms. The topological polar surface area (TPSA) is 59.9 Å². The summed E-state index contributed by atoms with van der Waals surface area (Å²) in [5, 5.41) is -0.537. The lowest BCUT2D eigenvalue weighted by Crippen LogP contribution is -2.24. The first-order valence-corrected chi connectivity index (χ1v) is 9.96. The molecule has 0 aliphatic carbocycles. The fourth-order valence-corrected chi connectivity index (χ4v) is 4.49. The van der Waals surface area contributed by atoms with Crippen molar-refractivity contribution in [3.8, 4) is 10.6 Å². The maximum atomic E-state index is 13.8. The van der Waals surface area contributed by atoms with E-state index in [1.807, 2.05) is 0 Å². The summed E-state index contributed by atoms with van der Waals surface area (Å²) in [7, 11) is 0. The second-order valence-corrected chi connectivity index (χ2v) is 8.46. The number of pyridine rings is 1. The van der Waals surface area contributed by atoms with Crippen LogP contribution in [0.2, 0.25) is 4.34 Å². The van der Waals surface area contributed by atoms with Gasteiger partial charge in [-0.3, -0.25) is 14.3 Å². The number of hydrogen-bond donors (Lipinski definition) is 1. The molecule has 0 bridgehead atoms. The first kappa shape index (κ1) is 19.6. The zero-order chi connectivity index (χ0) is 20.1. The largest absolute Gasteiger partial charge is 0.417 e. The van der Waals surface area contributed by atoms with Gasteiger partial charge in [-0.1, -0.05) is 11.6 Å². The first-order valence-electron chi connectivity index (χ1n) is 8.36. The van der Waals surface area contributed by atoms with Crippen molar-refractivity contribution in [2.24, 2.45) is 0 Å². The lowest BCUT2D eigenvalue weighted by atomic mass is 10.1. The Bertz CT molecular complexity index is 1160. The highest BCUT2D eigenvalue weighted by molar-refractivity contribution is 7.71. The monoisotopic (exact) mass is 447 g/mol. The number of halogens is 4. The molecule has 1 aliphatic rings. The van der Waals surface area contributed by atoms with Gasteiger partial charge >= 0.3 is 6.18 Å². The van der Waals surface area contributed by atoms with Crippen LogP contribution in [0.15, 0.2) is 23.0 Å². The van der Waals surface area contributed by atoms with Crippen molar-refractivity contribution in [2.45, 2.75) is 31.7 Å². The highest BCUT2D eigenvalue weighted by atomic mass is 35.5. The first-order chi connectivity index (χ1) is 13.2. The minimum absolute atomic E-state index is 0.00925. The zero-order valence-corrected chi connectivity index (χ0v) is 16.6. The third kappa shape index (κ3) is 3.61. The molecule has 1 fully saturated rings. The summed E-state index contributed by atoms with van der Waals surface area (Å²) in [6.07, 6.45) is -3.32. The Morgan fingerprint density at radius 2 is 2.21 bits per heavy atom. The molecule has 1 atom stereocenters. The highest BCUT2D eigenvalue weighted by Gasteiger charge is 2.36. The van der Waals surface area contributed by atoms with Gasteiger partial charge < -0.3 is 4.74 Å². The molecular formula is C17H13ClF3N3O2S2. The molecular weight excluding hydrogens is 435 g/mol. The minimum atomic E-state index is -4.74. The van der Waals surface area contributed by atoms with Gasteiger partial charge in [-0.25, -0.2) is 4.98 Å². The Hall–Kier alpha value is -1.75. The Morgan fingerprint density at radius 1 is 1.43 bits per heavy atom. The van der Waals surface area contributed by atoms with Crippen LogP contribution in [0.4, 0.5) is 13.2 Å². The average Bonchev–Trinajstić information content (AvgIpc) is 3.28. The number of alkyl halides is 3. The van der Waals surface area contributed by atoms with Crippen molar-refractivity contribution in [3.63, 3.8) is 0 Å². The van der Waals surface area contributed by atoms with Crippen LogP contribution in [-0.4, -0.2) is 27.2 Å². The smallest absolute Gasteiger partial charge is 0.376 e. The summed E-state index contributed by atoms with van der Waals surface area (Å²) in [5.74, 6) is 0. The summed E-state index contributed by atoms with van der Waals surface area (Å²) in [6, 6.07) is 4.05. The quantitative estimate of drug-likeness (QED) is 0.572. The molecule has 0 amide bonds. The lowest BCUT2D eigenvalue weighted by Gasteiger charge is -2.17. The van der Waals surface area contributed by atoms with Gasteiger partial charge in [0.25, 0.3) is 5.56 Å². The number of nitrogens with one attached hydrogen (secondary N) is 1. The minimum Gasteiger partial charge on any atom is -0.376 e.